The first-order valence-electron chi connectivity index (χ1n) is 9.78. The fraction of sp³-hybridized carbons (Fsp3) is 0.476. The van der Waals surface area contributed by atoms with Crippen molar-refractivity contribution < 1.29 is 9.53 Å². The van der Waals surface area contributed by atoms with Gasteiger partial charge in [0.05, 0.1) is 12.4 Å². The first kappa shape index (κ1) is 20.5. The van der Waals surface area contributed by atoms with Gasteiger partial charge in [0, 0.05) is 24.2 Å². The summed E-state index contributed by atoms with van der Waals surface area (Å²) in [6, 6.07) is 7.34. The Bertz CT molecular complexity index is 814. The number of methoxy groups -OCH3 is 1. The molecule has 0 spiro atoms. The van der Waals surface area contributed by atoms with Crippen LogP contribution in [0, 0.1) is 0 Å². The minimum Gasteiger partial charge on any atom is -0.497 e. The van der Waals surface area contributed by atoms with Gasteiger partial charge < -0.3 is 14.6 Å². The van der Waals surface area contributed by atoms with Gasteiger partial charge in [0.1, 0.15) is 11.6 Å². The maximum absolute atomic E-state index is 12.6. The Morgan fingerprint density at radius 1 is 1.39 bits per heavy atom. The molecule has 1 fully saturated rings. The molecule has 1 aromatic carbocycles. The Morgan fingerprint density at radius 2 is 2.18 bits per heavy atom. The van der Waals surface area contributed by atoms with Gasteiger partial charge in [-0.25, -0.2) is 0 Å². The lowest BCUT2D eigenvalue weighted by Gasteiger charge is -2.21. The van der Waals surface area contributed by atoms with Crippen LogP contribution in [0.3, 0.4) is 0 Å². The number of rotatable bonds is 8. The lowest BCUT2D eigenvalue weighted by Crippen LogP contribution is -2.23. The van der Waals surface area contributed by atoms with Crippen LogP contribution in [-0.2, 0) is 11.3 Å². The van der Waals surface area contributed by atoms with Gasteiger partial charge in [0.15, 0.2) is 5.16 Å². The Balaban J connectivity index is 1.70. The number of aromatic nitrogens is 3. The molecule has 1 aromatic heterocycles. The molecule has 0 unspecified atom stereocenters. The summed E-state index contributed by atoms with van der Waals surface area (Å²) in [6.45, 7) is 6.41. The molecule has 1 aliphatic rings. The number of ether oxygens (including phenoxy) is 1. The average molecular weight is 401 g/mol. The van der Waals surface area contributed by atoms with E-state index < -0.39 is 0 Å². The van der Waals surface area contributed by atoms with Gasteiger partial charge in [-0.15, -0.1) is 16.8 Å². The molecule has 0 saturated heterocycles. The topological polar surface area (TPSA) is 69.0 Å². The van der Waals surface area contributed by atoms with Crippen LogP contribution >= 0.6 is 11.8 Å². The number of nitrogens with one attached hydrogen (secondary N) is 1. The van der Waals surface area contributed by atoms with Crippen molar-refractivity contribution in [3.8, 4) is 5.75 Å². The van der Waals surface area contributed by atoms with E-state index >= 15 is 0 Å². The van der Waals surface area contributed by atoms with Crippen LogP contribution in [0.25, 0.3) is 0 Å². The number of hydrogen-bond acceptors (Lipinski definition) is 5. The van der Waals surface area contributed by atoms with E-state index in [1.165, 1.54) is 31.0 Å². The molecule has 1 N–H and O–H groups in total. The summed E-state index contributed by atoms with van der Waals surface area (Å²) in [4.78, 5) is 12.6. The van der Waals surface area contributed by atoms with Crippen LogP contribution in [-0.4, -0.2) is 33.0 Å². The Hall–Kier alpha value is -2.28. The molecule has 1 aliphatic carbocycles. The number of nitrogens with zero attached hydrogens (tertiary/aromatic N) is 3. The summed E-state index contributed by atoms with van der Waals surface area (Å²) in [5.74, 6) is 2.12. The number of amides is 1. The highest BCUT2D eigenvalue weighted by atomic mass is 32.2. The van der Waals surface area contributed by atoms with E-state index in [4.69, 9.17) is 4.74 Å². The predicted octanol–water partition coefficient (Wildman–Crippen LogP) is 4.64. The van der Waals surface area contributed by atoms with Gasteiger partial charge in [0.25, 0.3) is 0 Å². The van der Waals surface area contributed by atoms with E-state index in [-0.39, 0.29) is 11.2 Å². The van der Waals surface area contributed by atoms with Gasteiger partial charge in [-0.05, 0) is 31.9 Å². The highest BCUT2D eigenvalue weighted by Gasteiger charge is 2.25. The van der Waals surface area contributed by atoms with Gasteiger partial charge in [-0.3, -0.25) is 4.79 Å². The molecule has 2 aromatic rings. The summed E-state index contributed by atoms with van der Waals surface area (Å²) in [5, 5.41) is 12.3. The molecule has 1 heterocycles. The zero-order chi connectivity index (χ0) is 19.9. The minimum absolute atomic E-state index is 0.0781. The number of carbonyl (C=O) groups is 1. The van der Waals surface area contributed by atoms with Crippen LogP contribution in [0.15, 0.2) is 42.1 Å². The maximum atomic E-state index is 12.6. The summed E-state index contributed by atoms with van der Waals surface area (Å²) in [7, 11) is 1.61. The van der Waals surface area contributed by atoms with Crippen LogP contribution in [0.4, 0.5) is 5.69 Å². The summed E-state index contributed by atoms with van der Waals surface area (Å²) >= 11 is 1.43. The van der Waals surface area contributed by atoms with E-state index in [0.717, 1.165) is 23.8 Å². The first-order chi connectivity index (χ1) is 13.6. The smallest absolute Gasteiger partial charge is 0.237 e. The molecule has 1 amide bonds. The van der Waals surface area contributed by atoms with Crippen LogP contribution in [0.1, 0.15) is 50.8 Å². The number of benzene rings is 1. The molecule has 0 bridgehead atoms. The van der Waals surface area contributed by atoms with Crippen molar-refractivity contribution >= 4 is 23.4 Å². The van der Waals surface area contributed by atoms with E-state index in [2.05, 4.69) is 26.7 Å². The average Bonchev–Trinajstić information content (AvgIpc) is 3.11. The molecule has 0 aliphatic heterocycles. The van der Waals surface area contributed by atoms with E-state index in [1.807, 2.05) is 31.2 Å². The predicted molar refractivity (Wildman–Crippen MR) is 113 cm³/mol. The number of anilines is 1. The zero-order valence-electron chi connectivity index (χ0n) is 16.6. The van der Waals surface area contributed by atoms with Gasteiger partial charge >= 0.3 is 0 Å². The zero-order valence-corrected chi connectivity index (χ0v) is 17.4. The molecule has 6 nitrogen and oxygen atoms in total. The highest BCUT2D eigenvalue weighted by molar-refractivity contribution is 8.00. The second-order valence-corrected chi connectivity index (χ2v) is 8.36. The third-order valence-corrected chi connectivity index (χ3v) is 6.10. The Morgan fingerprint density at radius 3 is 2.89 bits per heavy atom. The van der Waals surface area contributed by atoms with Gasteiger partial charge in [0.2, 0.25) is 5.91 Å². The number of hydrogen-bond donors (Lipinski definition) is 1. The highest BCUT2D eigenvalue weighted by Crippen LogP contribution is 2.34. The molecule has 150 valence electrons. The molecule has 7 heteroatoms. The van der Waals surface area contributed by atoms with E-state index in [0.29, 0.717) is 23.9 Å². The third-order valence-electron chi connectivity index (χ3n) is 5.02. The number of allylic oxidation sites excluding steroid dienone is 1. The van der Waals surface area contributed by atoms with Crippen LogP contribution < -0.4 is 10.1 Å². The second-order valence-electron chi connectivity index (χ2n) is 7.06. The fourth-order valence-corrected chi connectivity index (χ4v) is 4.37. The lowest BCUT2D eigenvalue weighted by atomic mass is 9.89. The van der Waals surface area contributed by atoms with Gasteiger partial charge in [-0.2, -0.15) is 0 Å². The molecular weight excluding hydrogens is 372 g/mol. The van der Waals surface area contributed by atoms with Crippen molar-refractivity contribution in [2.24, 2.45) is 0 Å². The monoisotopic (exact) mass is 400 g/mol. The molecule has 3 rings (SSSR count). The first-order valence-corrected chi connectivity index (χ1v) is 10.7. The summed E-state index contributed by atoms with van der Waals surface area (Å²) in [5.41, 5.74) is 0.715. The fourth-order valence-electron chi connectivity index (χ4n) is 3.51. The maximum Gasteiger partial charge on any atom is 0.237 e. The molecular formula is C21H28N4O2S. The van der Waals surface area contributed by atoms with Crippen LogP contribution in [0.5, 0.6) is 5.75 Å². The van der Waals surface area contributed by atoms with Crippen molar-refractivity contribution in [2.45, 2.75) is 61.9 Å². The van der Waals surface area contributed by atoms with Gasteiger partial charge in [-0.1, -0.05) is 43.2 Å². The quantitative estimate of drug-likeness (QED) is 0.516. The lowest BCUT2D eigenvalue weighted by molar-refractivity contribution is -0.115. The number of thioether (sulfide) groups is 1. The van der Waals surface area contributed by atoms with E-state index in [1.54, 1.807) is 13.2 Å². The van der Waals surface area contributed by atoms with Crippen molar-refractivity contribution in [1.82, 2.24) is 14.8 Å². The SMILES string of the molecule is C=CCn1c(S[C@@H](C)C(=O)Nc2cccc(OC)c2)nnc1C1CCCCC1. The molecule has 1 saturated carbocycles. The minimum atomic E-state index is -0.307. The Labute approximate surface area is 170 Å². The van der Waals surface area contributed by atoms with E-state index in [9.17, 15) is 4.79 Å². The second kappa shape index (κ2) is 9.78. The molecule has 1 atom stereocenters. The molecule has 0 radical (unpaired) electrons. The normalized spacial score (nSPS) is 15.8. The largest absolute Gasteiger partial charge is 0.497 e. The third kappa shape index (κ3) is 4.95. The van der Waals surface area contributed by atoms with Crippen molar-refractivity contribution in [1.29, 1.82) is 0 Å². The summed E-state index contributed by atoms with van der Waals surface area (Å²) in [6.07, 6.45) is 7.97. The van der Waals surface area contributed by atoms with Crippen molar-refractivity contribution in [3.63, 3.8) is 0 Å². The number of carbonyl (C=O) groups excluding carboxylic acids is 1. The standard InChI is InChI=1S/C21H28N4O2S/c1-4-13-25-19(16-9-6-5-7-10-16)23-24-21(25)28-15(2)20(26)22-17-11-8-12-18(14-17)27-3/h4,8,11-12,14-16H,1,5-7,9-10,13H2,2-3H3,(H,22,26)/t15-/m0/s1. The van der Waals surface area contributed by atoms with Crippen LogP contribution in [0.2, 0.25) is 0 Å². The summed E-state index contributed by atoms with van der Waals surface area (Å²) < 4.78 is 7.32. The van der Waals surface area contributed by atoms with Crippen molar-refractivity contribution in [2.75, 3.05) is 12.4 Å². The van der Waals surface area contributed by atoms with Crippen molar-refractivity contribution in [3.05, 3.63) is 42.7 Å². The molecule has 28 heavy (non-hydrogen) atoms. The Kier molecular flexibility index (Phi) is 7.14.